The van der Waals surface area contributed by atoms with Gasteiger partial charge in [0.1, 0.15) is 18.0 Å². The number of rotatable bonds is 11. The molecule has 2 N–H and O–H groups in total. The van der Waals surface area contributed by atoms with Crippen molar-refractivity contribution in [3.05, 3.63) is 125 Å². The van der Waals surface area contributed by atoms with Gasteiger partial charge < -0.3 is 14.5 Å². The lowest BCUT2D eigenvalue weighted by Crippen LogP contribution is -2.29. The minimum atomic E-state index is -4.02. The first kappa shape index (κ1) is 35.6. The maximum atomic E-state index is 13.9. The lowest BCUT2D eigenvalue weighted by atomic mass is 9.93. The Bertz CT molecular complexity index is 2400. The van der Waals surface area contributed by atoms with E-state index in [1.54, 1.807) is 19.1 Å². The number of hydrogen-bond donors (Lipinski definition) is 2. The Morgan fingerprint density at radius 1 is 0.843 bits per heavy atom. The van der Waals surface area contributed by atoms with E-state index < -0.39 is 10.0 Å². The zero-order valence-corrected chi connectivity index (χ0v) is 30.6. The molecule has 0 radical (unpaired) electrons. The van der Waals surface area contributed by atoms with Gasteiger partial charge >= 0.3 is 5.97 Å². The van der Waals surface area contributed by atoms with Gasteiger partial charge in [0.2, 0.25) is 10.0 Å². The summed E-state index contributed by atoms with van der Waals surface area (Å²) >= 11 is 0. The van der Waals surface area contributed by atoms with Gasteiger partial charge in [0, 0.05) is 52.1 Å². The van der Waals surface area contributed by atoms with Gasteiger partial charge in [-0.25, -0.2) is 18.1 Å². The molecule has 0 aromatic heterocycles. The molecule has 4 aromatic rings. The number of carbonyl (C=O) groups excluding carboxylic acids is 1. The number of fused-ring (bicyclic) bond motifs is 2. The van der Waals surface area contributed by atoms with Gasteiger partial charge in [-0.15, -0.1) is 0 Å². The fourth-order valence-electron chi connectivity index (χ4n) is 6.12. The van der Waals surface area contributed by atoms with Crippen LogP contribution in [-0.4, -0.2) is 27.5 Å². The van der Waals surface area contributed by atoms with E-state index in [-0.39, 0.29) is 29.9 Å². The molecule has 8 nitrogen and oxygen atoms in total. The number of nitrogens with zero attached hydrogens (tertiary/aromatic N) is 1. The fourth-order valence-corrected chi connectivity index (χ4v) is 7.34. The van der Waals surface area contributed by atoms with Crippen LogP contribution in [0.5, 0.6) is 0 Å². The quantitative estimate of drug-likeness (QED) is 0.0792. The molecular formula is C42H43N3O5S. The number of ether oxygens (including phenoxy) is 1. The van der Waals surface area contributed by atoms with Crippen molar-refractivity contribution in [3.8, 4) is 22.5 Å². The SMILES string of the molecule is CCC(C)C(=O)OCCNS(=O)(=O)c1ccccc1-c1c2ccc(=Nc3ccc(C)cc3C)cc-2oc2cc(Nc3ccc(C)cc3C)ccc12. The highest BCUT2D eigenvalue weighted by molar-refractivity contribution is 7.89. The van der Waals surface area contributed by atoms with Crippen molar-refractivity contribution in [3.63, 3.8) is 0 Å². The Labute approximate surface area is 299 Å². The fraction of sp³-hybridized carbons (Fsp3) is 0.238. The molecule has 0 bridgehead atoms. The summed E-state index contributed by atoms with van der Waals surface area (Å²) in [6, 6.07) is 30.9. The second-order valence-corrected chi connectivity index (χ2v) is 14.8. The molecule has 1 unspecified atom stereocenters. The third-order valence-electron chi connectivity index (χ3n) is 9.07. The zero-order valence-electron chi connectivity index (χ0n) is 29.8. The van der Waals surface area contributed by atoms with Crippen LogP contribution in [0.4, 0.5) is 17.1 Å². The van der Waals surface area contributed by atoms with Crippen LogP contribution in [0.25, 0.3) is 33.4 Å². The summed E-state index contributed by atoms with van der Waals surface area (Å²) in [6.45, 7) is 11.8. The number of hydrogen-bond acceptors (Lipinski definition) is 7. The lowest BCUT2D eigenvalue weighted by molar-refractivity contribution is -0.147. The number of sulfonamides is 1. The predicted molar refractivity (Wildman–Crippen MR) is 204 cm³/mol. The standard InChI is InChI=1S/C42H43N3O5S/c1-7-28(4)42(46)49-21-20-43-51(47,48)40-11-9-8-10-35(40)41-33-16-14-31(44-36-18-12-26(2)22-29(36)5)24-38(33)50-39-25-32(15-17-34(39)41)45-37-19-13-27(3)23-30(37)6/h8-19,22-25,28,43-44H,7,20-21H2,1-6H3. The molecule has 1 aliphatic heterocycles. The molecule has 0 spiro atoms. The Balaban J connectivity index is 1.48. The van der Waals surface area contributed by atoms with E-state index in [1.807, 2.05) is 74.5 Å². The third kappa shape index (κ3) is 7.90. The van der Waals surface area contributed by atoms with E-state index >= 15 is 0 Å². The first-order valence-corrected chi connectivity index (χ1v) is 18.6. The second kappa shape index (κ2) is 14.9. The van der Waals surface area contributed by atoms with Gasteiger partial charge in [0.15, 0.2) is 0 Å². The summed E-state index contributed by atoms with van der Waals surface area (Å²) in [5.74, 6) is -0.0411. The summed E-state index contributed by atoms with van der Waals surface area (Å²) in [6.07, 6.45) is 0.646. The zero-order chi connectivity index (χ0) is 36.3. The van der Waals surface area contributed by atoms with Crippen LogP contribution in [-0.2, 0) is 19.6 Å². The maximum absolute atomic E-state index is 13.9. The summed E-state index contributed by atoms with van der Waals surface area (Å²) in [4.78, 5) is 17.2. The molecular weight excluding hydrogens is 659 g/mol. The van der Waals surface area contributed by atoms with Crippen LogP contribution in [0.1, 0.15) is 42.5 Å². The van der Waals surface area contributed by atoms with Crippen molar-refractivity contribution in [1.82, 2.24) is 4.72 Å². The van der Waals surface area contributed by atoms with Gasteiger partial charge in [0.05, 0.1) is 21.9 Å². The van der Waals surface area contributed by atoms with E-state index in [1.165, 1.54) is 5.56 Å². The van der Waals surface area contributed by atoms with Crippen molar-refractivity contribution < 1.29 is 22.4 Å². The predicted octanol–water partition coefficient (Wildman–Crippen LogP) is 9.28. The molecule has 4 aromatic carbocycles. The highest BCUT2D eigenvalue weighted by atomic mass is 32.2. The van der Waals surface area contributed by atoms with Crippen LogP contribution in [0.2, 0.25) is 0 Å². The molecule has 9 heteroatoms. The van der Waals surface area contributed by atoms with Gasteiger partial charge in [-0.2, -0.15) is 0 Å². The second-order valence-electron chi connectivity index (χ2n) is 13.1. The third-order valence-corrected chi connectivity index (χ3v) is 10.6. The Morgan fingerprint density at radius 3 is 2.33 bits per heavy atom. The lowest BCUT2D eigenvalue weighted by Gasteiger charge is -2.19. The highest BCUT2D eigenvalue weighted by Gasteiger charge is 2.25. The molecule has 6 rings (SSSR count). The van der Waals surface area contributed by atoms with Crippen LogP contribution in [0, 0.1) is 33.6 Å². The maximum Gasteiger partial charge on any atom is 0.308 e. The van der Waals surface area contributed by atoms with Crippen LogP contribution >= 0.6 is 0 Å². The van der Waals surface area contributed by atoms with Gasteiger partial charge in [0.25, 0.3) is 0 Å². The first-order valence-electron chi connectivity index (χ1n) is 17.2. The Kier molecular flexibility index (Phi) is 10.4. The number of anilines is 2. The number of esters is 1. The van der Waals surface area contributed by atoms with Crippen molar-refractivity contribution in [2.45, 2.75) is 52.9 Å². The minimum absolute atomic E-state index is 0.0544. The summed E-state index contributed by atoms with van der Waals surface area (Å²) in [5, 5.41) is 4.97. The normalized spacial score (nSPS) is 12.7. The van der Waals surface area contributed by atoms with Gasteiger partial charge in [-0.3, -0.25) is 4.79 Å². The molecule has 1 aliphatic carbocycles. The van der Waals surface area contributed by atoms with E-state index in [9.17, 15) is 13.2 Å². The average molecular weight is 702 g/mol. The number of carbonyl (C=O) groups is 1. The van der Waals surface area contributed by atoms with Crippen LogP contribution in [0.3, 0.4) is 0 Å². The number of benzene rings is 5. The van der Waals surface area contributed by atoms with E-state index in [4.69, 9.17) is 14.1 Å². The molecule has 0 amide bonds. The summed E-state index contributed by atoms with van der Waals surface area (Å²) in [7, 11) is -4.02. The van der Waals surface area contributed by atoms with E-state index in [0.717, 1.165) is 44.7 Å². The van der Waals surface area contributed by atoms with Gasteiger partial charge in [-0.1, -0.05) is 67.4 Å². The molecule has 1 atom stereocenters. The van der Waals surface area contributed by atoms with Crippen molar-refractivity contribution >= 4 is 44.0 Å². The Hall–Kier alpha value is -5.25. The number of aryl methyl sites for hydroxylation is 4. The monoisotopic (exact) mass is 701 g/mol. The van der Waals surface area contributed by atoms with Gasteiger partial charge in [-0.05, 0) is 87.7 Å². The number of nitrogens with one attached hydrogen (secondary N) is 2. The van der Waals surface area contributed by atoms with E-state index in [0.29, 0.717) is 34.2 Å². The smallest absolute Gasteiger partial charge is 0.308 e. The highest BCUT2D eigenvalue weighted by Crippen LogP contribution is 2.43. The first-order chi connectivity index (χ1) is 24.4. The van der Waals surface area contributed by atoms with Crippen LogP contribution in [0.15, 0.2) is 111 Å². The molecule has 0 saturated carbocycles. The molecule has 0 fully saturated rings. The van der Waals surface area contributed by atoms with Crippen molar-refractivity contribution in [2.24, 2.45) is 10.9 Å². The minimum Gasteiger partial charge on any atom is -0.464 e. The average Bonchev–Trinajstić information content (AvgIpc) is 3.11. The summed E-state index contributed by atoms with van der Waals surface area (Å²) in [5.41, 5.74) is 9.74. The molecule has 51 heavy (non-hydrogen) atoms. The molecule has 2 aliphatic rings. The van der Waals surface area contributed by atoms with Crippen LogP contribution < -0.4 is 15.4 Å². The summed E-state index contributed by atoms with van der Waals surface area (Å²) < 4.78 is 42.3. The molecule has 1 heterocycles. The van der Waals surface area contributed by atoms with E-state index in [2.05, 4.69) is 55.1 Å². The van der Waals surface area contributed by atoms with Crippen molar-refractivity contribution in [1.29, 1.82) is 0 Å². The van der Waals surface area contributed by atoms with Crippen molar-refractivity contribution in [2.75, 3.05) is 18.5 Å². The Morgan fingerprint density at radius 2 is 1.59 bits per heavy atom. The molecule has 262 valence electrons. The topological polar surface area (TPSA) is 110 Å². The largest absolute Gasteiger partial charge is 0.464 e. The molecule has 0 saturated heterocycles.